The molecule has 3 aromatic carbocycles. The number of nitrogens with one attached hydrogen (secondary N) is 4. The summed E-state index contributed by atoms with van der Waals surface area (Å²) in [5.41, 5.74) is 1.02. The minimum absolute atomic E-state index is 0.0677. The third kappa shape index (κ3) is 9.92. The Labute approximate surface area is 268 Å². The third-order valence-electron chi connectivity index (χ3n) is 8.59. The standard InChI is InChI=1S/C35H44N4O7/c40-31(41)18-17-29(34(44)45)39-35(46)37-20-10-2-9-19-36-33(43)30(38-32(42)23-11-3-1-4-12-23)22-28-26-15-7-5-13-24(26)21-25-14-6-8-16-27(25)28/h5-8,13-16,21,23,29-30H,1-4,9-12,17-20,22H2,(H,36,43)(H,38,42)(H,40,41)(H,44,45)(H2,37,39,46)/t29-,30-/m0/s1. The number of unbranched alkanes of at least 4 members (excludes halogenated alkanes) is 2. The van der Waals surface area contributed by atoms with Gasteiger partial charge in [-0.2, -0.15) is 0 Å². The van der Waals surface area contributed by atoms with Gasteiger partial charge in [0.25, 0.3) is 0 Å². The van der Waals surface area contributed by atoms with Crippen LogP contribution in [-0.2, 0) is 25.6 Å². The highest BCUT2D eigenvalue weighted by atomic mass is 16.4. The molecule has 1 saturated carbocycles. The summed E-state index contributed by atoms with van der Waals surface area (Å²) in [5, 5.41) is 33.2. The van der Waals surface area contributed by atoms with Crippen molar-refractivity contribution in [3.63, 3.8) is 0 Å². The average molecular weight is 633 g/mol. The van der Waals surface area contributed by atoms with Gasteiger partial charge in [-0.15, -0.1) is 0 Å². The summed E-state index contributed by atoms with van der Waals surface area (Å²) >= 11 is 0. The molecule has 0 aromatic heterocycles. The number of benzene rings is 3. The Bertz CT molecular complexity index is 1480. The molecule has 11 heteroatoms. The van der Waals surface area contributed by atoms with Crippen LogP contribution in [0.5, 0.6) is 0 Å². The van der Waals surface area contributed by atoms with Gasteiger partial charge in [0.15, 0.2) is 0 Å². The van der Waals surface area contributed by atoms with E-state index in [9.17, 15) is 29.1 Å². The highest BCUT2D eigenvalue weighted by Gasteiger charge is 2.28. The summed E-state index contributed by atoms with van der Waals surface area (Å²) in [7, 11) is 0. The van der Waals surface area contributed by atoms with Crippen LogP contribution in [0.2, 0.25) is 0 Å². The van der Waals surface area contributed by atoms with Crippen molar-refractivity contribution in [2.24, 2.45) is 5.92 Å². The van der Waals surface area contributed by atoms with E-state index in [-0.39, 0.29) is 30.6 Å². The summed E-state index contributed by atoms with van der Waals surface area (Å²) in [4.78, 5) is 60.9. The summed E-state index contributed by atoms with van der Waals surface area (Å²) in [6, 6.07) is 15.6. The number of hydrogen-bond acceptors (Lipinski definition) is 5. The monoisotopic (exact) mass is 632 g/mol. The average Bonchev–Trinajstić information content (AvgIpc) is 3.05. The van der Waals surface area contributed by atoms with E-state index in [2.05, 4.69) is 51.6 Å². The number of hydrogen-bond donors (Lipinski definition) is 6. The van der Waals surface area contributed by atoms with Gasteiger partial charge in [0.2, 0.25) is 11.8 Å². The first-order valence-corrected chi connectivity index (χ1v) is 16.2. The molecular weight excluding hydrogens is 588 g/mol. The number of rotatable bonds is 16. The molecule has 4 amide bonds. The zero-order valence-electron chi connectivity index (χ0n) is 26.1. The van der Waals surface area contributed by atoms with Crippen molar-refractivity contribution in [3.8, 4) is 0 Å². The van der Waals surface area contributed by atoms with E-state index in [1.165, 1.54) is 0 Å². The van der Waals surface area contributed by atoms with Crippen LogP contribution in [-0.4, -0.2) is 65.2 Å². The van der Waals surface area contributed by atoms with Crippen molar-refractivity contribution < 1.29 is 34.2 Å². The lowest BCUT2D eigenvalue weighted by molar-refractivity contribution is -0.140. The zero-order chi connectivity index (χ0) is 32.9. The van der Waals surface area contributed by atoms with E-state index in [0.717, 1.165) is 59.2 Å². The maximum Gasteiger partial charge on any atom is 0.326 e. The second-order valence-corrected chi connectivity index (χ2v) is 12.0. The Morgan fingerprint density at radius 1 is 0.739 bits per heavy atom. The van der Waals surface area contributed by atoms with Crippen molar-refractivity contribution in [2.45, 2.75) is 82.7 Å². The van der Waals surface area contributed by atoms with Gasteiger partial charge in [-0.05, 0) is 71.7 Å². The van der Waals surface area contributed by atoms with Crippen molar-refractivity contribution in [1.29, 1.82) is 0 Å². The first-order chi connectivity index (χ1) is 22.2. The number of carbonyl (C=O) groups is 5. The van der Waals surface area contributed by atoms with Crippen molar-refractivity contribution >= 4 is 51.3 Å². The summed E-state index contributed by atoms with van der Waals surface area (Å²) in [5.74, 6) is -2.82. The molecule has 0 heterocycles. The molecule has 0 unspecified atom stereocenters. The van der Waals surface area contributed by atoms with Crippen LogP contribution in [0.1, 0.15) is 69.8 Å². The van der Waals surface area contributed by atoms with Crippen LogP contribution < -0.4 is 21.3 Å². The van der Waals surface area contributed by atoms with Gasteiger partial charge in [0, 0.05) is 31.8 Å². The van der Waals surface area contributed by atoms with Crippen LogP contribution in [0, 0.1) is 5.92 Å². The van der Waals surface area contributed by atoms with Gasteiger partial charge in [0.1, 0.15) is 12.1 Å². The molecule has 2 atom stereocenters. The quantitative estimate of drug-likeness (QED) is 0.0996. The van der Waals surface area contributed by atoms with Crippen LogP contribution in [0.25, 0.3) is 21.5 Å². The van der Waals surface area contributed by atoms with Crippen molar-refractivity contribution in [3.05, 3.63) is 60.2 Å². The van der Waals surface area contributed by atoms with Gasteiger partial charge < -0.3 is 31.5 Å². The number of carboxylic acid groups (broad SMARTS) is 2. The smallest absolute Gasteiger partial charge is 0.326 e. The highest BCUT2D eigenvalue weighted by molar-refractivity contribution is 6.03. The molecule has 0 aliphatic heterocycles. The zero-order valence-corrected chi connectivity index (χ0v) is 26.1. The van der Waals surface area contributed by atoms with Crippen LogP contribution in [0.3, 0.4) is 0 Å². The van der Waals surface area contributed by atoms with Crippen molar-refractivity contribution in [2.75, 3.05) is 13.1 Å². The van der Waals surface area contributed by atoms with E-state index in [1.807, 2.05) is 24.3 Å². The molecule has 246 valence electrons. The Kier molecular flexibility index (Phi) is 12.7. The lowest BCUT2D eigenvalue weighted by Crippen LogP contribution is -2.50. The normalized spacial score (nSPS) is 14.7. The SMILES string of the molecule is O=C(O)CC[C@H](NC(=O)NCCCCCNC(=O)[C@H](Cc1c2ccccc2cc2ccccc12)NC(=O)C1CCCCC1)C(=O)O. The largest absolute Gasteiger partial charge is 0.481 e. The molecule has 6 N–H and O–H groups in total. The third-order valence-corrected chi connectivity index (χ3v) is 8.59. The van der Waals surface area contributed by atoms with Crippen LogP contribution >= 0.6 is 0 Å². The van der Waals surface area contributed by atoms with Crippen molar-refractivity contribution in [1.82, 2.24) is 21.3 Å². The molecule has 3 aromatic rings. The fourth-order valence-corrected chi connectivity index (χ4v) is 6.09. The predicted molar refractivity (Wildman–Crippen MR) is 175 cm³/mol. The van der Waals surface area contributed by atoms with Crippen LogP contribution in [0.15, 0.2) is 54.6 Å². The lowest BCUT2D eigenvalue weighted by Gasteiger charge is -2.25. The molecule has 0 radical (unpaired) electrons. The summed E-state index contributed by atoms with van der Waals surface area (Å²) in [6.07, 6.45) is 6.55. The first-order valence-electron chi connectivity index (χ1n) is 16.2. The van der Waals surface area contributed by atoms with E-state index in [4.69, 9.17) is 5.11 Å². The number of urea groups is 1. The van der Waals surface area contributed by atoms with E-state index in [1.54, 1.807) is 0 Å². The molecule has 0 bridgehead atoms. The van der Waals surface area contributed by atoms with Gasteiger partial charge in [-0.25, -0.2) is 9.59 Å². The maximum atomic E-state index is 13.6. The Hall–Kier alpha value is -4.67. The molecule has 1 aliphatic rings. The number of aliphatic carboxylic acids is 2. The minimum atomic E-state index is -1.30. The molecule has 1 aliphatic carbocycles. The van der Waals surface area contributed by atoms with Crippen LogP contribution in [0.4, 0.5) is 4.79 Å². The number of carbonyl (C=O) groups excluding carboxylic acids is 3. The first kappa shape index (κ1) is 34.2. The number of carboxylic acids is 2. The molecule has 4 rings (SSSR count). The van der Waals surface area contributed by atoms with Gasteiger partial charge >= 0.3 is 18.0 Å². The fraction of sp³-hybridized carbons (Fsp3) is 0.457. The highest BCUT2D eigenvalue weighted by Crippen LogP contribution is 2.30. The summed E-state index contributed by atoms with van der Waals surface area (Å²) in [6.45, 7) is 0.687. The second-order valence-electron chi connectivity index (χ2n) is 12.0. The predicted octanol–water partition coefficient (Wildman–Crippen LogP) is 4.50. The Balaban J connectivity index is 1.33. The van der Waals surface area contributed by atoms with E-state index >= 15 is 0 Å². The Morgan fingerprint density at radius 2 is 1.35 bits per heavy atom. The van der Waals surface area contributed by atoms with E-state index in [0.29, 0.717) is 38.8 Å². The number of fused-ring (bicyclic) bond motifs is 2. The molecule has 1 fully saturated rings. The molecule has 11 nitrogen and oxygen atoms in total. The topological polar surface area (TPSA) is 174 Å². The molecule has 0 spiro atoms. The molecule has 0 saturated heterocycles. The Morgan fingerprint density at radius 3 is 1.96 bits per heavy atom. The van der Waals surface area contributed by atoms with Gasteiger partial charge in [-0.3, -0.25) is 14.4 Å². The van der Waals surface area contributed by atoms with Gasteiger partial charge in [-0.1, -0.05) is 67.8 Å². The van der Waals surface area contributed by atoms with E-state index < -0.39 is 30.1 Å². The maximum absolute atomic E-state index is 13.6. The lowest BCUT2D eigenvalue weighted by atomic mass is 9.88. The second kappa shape index (κ2) is 17.1. The number of amides is 4. The minimum Gasteiger partial charge on any atom is -0.481 e. The fourth-order valence-electron chi connectivity index (χ4n) is 6.09. The van der Waals surface area contributed by atoms with Gasteiger partial charge in [0.05, 0.1) is 0 Å². The summed E-state index contributed by atoms with van der Waals surface area (Å²) < 4.78 is 0. The molecular formula is C35H44N4O7. The molecule has 46 heavy (non-hydrogen) atoms.